The van der Waals surface area contributed by atoms with Gasteiger partial charge in [-0.1, -0.05) is 23.7 Å². The number of nitrogens with zero attached hydrogens (tertiary/aromatic N) is 1. The van der Waals surface area contributed by atoms with E-state index in [1.165, 1.54) is 69.4 Å². The second-order valence-electron chi connectivity index (χ2n) is 6.31. The Morgan fingerprint density at radius 3 is 2.60 bits per heavy atom. The highest BCUT2D eigenvalue weighted by atomic mass is 35.5. The first kappa shape index (κ1) is 14.4. The molecule has 0 atom stereocenters. The summed E-state index contributed by atoms with van der Waals surface area (Å²) in [7, 11) is 0. The Morgan fingerprint density at radius 2 is 1.90 bits per heavy atom. The fourth-order valence-corrected chi connectivity index (χ4v) is 3.71. The number of likely N-dealkylation sites (tertiary alicyclic amines) is 1. The first-order valence-electron chi connectivity index (χ1n) is 8.01. The monoisotopic (exact) mass is 292 g/mol. The molecule has 1 aromatic rings. The number of benzene rings is 1. The van der Waals surface area contributed by atoms with Crippen molar-refractivity contribution in [3.8, 4) is 0 Å². The maximum atomic E-state index is 6.49. The van der Waals surface area contributed by atoms with E-state index >= 15 is 0 Å². The molecule has 2 nitrogen and oxygen atoms in total. The lowest BCUT2D eigenvalue weighted by molar-refractivity contribution is 0.331. The summed E-state index contributed by atoms with van der Waals surface area (Å²) in [6.07, 6.45) is 6.46. The molecule has 2 aliphatic rings. The molecule has 20 heavy (non-hydrogen) atoms. The lowest BCUT2D eigenvalue weighted by Gasteiger charge is -2.23. The average molecular weight is 293 g/mol. The molecule has 0 bridgehead atoms. The van der Waals surface area contributed by atoms with Gasteiger partial charge in [-0.15, -0.1) is 0 Å². The highest BCUT2D eigenvalue weighted by Crippen LogP contribution is 2.24. The molecule has 0 aliphatic carbocycles. The first-order valence-corrected chi connectivity index (χ1v) is 8.39. The van der Waals surface area contributed by atoms with Gasteiger partial charge in [-0.25, -0.2) is 0 Å². The zero-order valence-corrected chi connectivity index (χ0v) is 13.0. The van der Waals surface area contributed by atoms with Crippen LogP contribution in [0.25, 0.3) is 0 Å². The van der Waals surface area contributed by atoms with Gasteiger partial charge in [0, 0.05) is 11.6 Å². The summed E-state index contributed by atoms with van der Waals surface area (Å²) >= 11 is 6.49. The first-order chi connectivity index (χ1) is 9.81. The number of nitrogens with one attached hydrogen (secondary N) is 1. The Hall–Kier alpha value is -0.570. The molecule has 2 heterocycles. The largest absolute Gasteiger partial charge is 0.317 e. The number of hydrogen-bond donors (Lipinski definition) is 1. The summed E-state index contributed by atoms with van der Waals surface area (Å²) in [5.41, 5.74) is 2.70. The number of piperidine rings is 1. The molecule has 2 aliphatic heterocycles. The van der Waals surface area contributed by atoms with Gasteiger partial charge in [-0.2, -0.15) is 0 Å². The molecule has 2 saturated heterocycles. The topological polar surface area (TPSA) is 15.3 Å². The SMILES string of the molecule is Clc1cc(CC2CCNCC2)ccc1CN1CCCC1. The molecular weight excluding hydrogens is 268 g/mol. The number of halogens is 1. The predicted molar refractivity (Wildman–Crippen MR) is 85.3 cm³/mol. The minimum absolute atomic E-state index is 0.830. The Morgan fingerprint density at radius 1 is 1.15 bits per heavy atom. The highest BCUT2D eigenvalue weighted by Gasteiger charge is 2.16. The van der Waals surface area contributed by atoms with Crippen molar-refractivity contribution < 1.29 is 0 Å². The molecular formula is C17H25ClN2. The third-order valence-electron chi connectivity index (χ3n) is 4.69. The van der Waals surface area contributed by atoms with E-state index in [-0.39, 0.29) is 0 Å². The van der Waals surface area contributed by atoms with Crippen molar-refractivity contribution in [2.24, 2.45) is 5.92 Å². The van der Waals surface area contributed by atoms with Gasteiger partial charge >= 0.3 is 0 Å². The van der Waals surface area contributed by atoms with Gasteiger partial charge in [-0.05, 0) is 81.4 Å². The summed E-state index contributed by atoms with van der Waals surface area (Å²) in [6, 6.07) is 6.74. The van der Waals surface area contributed by atoms with Crippen molar-refractivity contribution in [1.82, 2.24) is 10.2 Å². The standard InChI is InChI=1S/C17H25ClN2/c18-17-12-15(11-14-5-7-19-8-6-14)3-4-16(17)13-20-9-1-2-10-20/h3-4,12,14,19H,1-2,5-11,13H2. The number of hydrogen-bond acceptors (Lipinski definition) is 2. The van der Waals surface area contributed by atoms with Crippen LogP contribution in [0.15, 0.2) is 18.2 Å². The van der Waals surface area contributed by atoms with E-state index in [0.717, 1.165) is 17.5 Å². The maximum absolute atomic E-state index is 6.49. The van der Waals surface area contributed by atoms with Gasteiger partial charge < -0.3 is 5.32 Å². The van der Waals surface area contributed by atoms with Crippen LogP contribution in [-0.2, 0) is 13.0 Å². The molecule has 2 fully saturated rings. The molecule has 0 aromatic heterocycles. The minimum atomic E-state index is 0.830. The summed E-state index contributed by atoms with van der Waals surface area (Å²) in [5, 5.41) is 4.39. The Balaban J connectivity index is 1.60. The molecule has 0 unspecified atom stereocenters. The molecule has 0 spiro atoms. The van der Waals surface area contributed by atoms with Gasteiger partial charge in [0.25, 0.3) is 0 Å². The van der Waals surface area contributed by atoms with E-state index < -0.39 is 0 Å². The fraction of sp³-hybridized carbons (Fsp3) is 0.647. The highest BCUT2D eigenvalue weighted by molar-refractivity contribution is 6.31. The van der Waals surface area contributed by atoms with Crippen LogP contribution in [0.2, 0.25) is 5.02 Å². The van der Waals surface area contributed by atoms with Gasteiger partial charge in [-0.3, -0.25) is 4.90 Å². The van der Waals surface area contributed by atoms with Crippen molar-refractivity contribution in [3.05, 3.63) is 34.3 Å². The molecule has 1 N–H and O–H groups in total. The Bertz CT molecular complexity index is 435. The number of rotatable bonds is 4. The fourth-order valence-electron chi connectivity index (χ4n) is 3.45. The van der Waals surface area contributed by atoms with Gasteiger partial charge in [0.2, 0.25) is 0 Å². The van der Waals surface area contributed by atoms with E-state index in [1.807, 2.05) is 0 Å². The van der Waals surface area contributed by atoms with Crippen molar-refractivity contribution in [2.45, 2.75) is 38.6 Å². The van der Waals surface area contributed by atoms with Crippen LogP contribution in [-0.4, -0.2) is 31.1 Å². The summed E-state index contributed by atoms with van der Waals surface area (Å²) in [5.74, 6) is 0.830. The second kappa shape index (κ2) is 6.93. The van der Waals surface area contributed by atoms with Gasteiger partial charge in [0.15, 0.2) is 0 Å². The van der Waals surface area contributed by atoms with E-state index in [1.54, 1.807) is 0 Å². The quantitative estimate of drug-likeness (QED) is 0.914. The lowest BCUT2D eigenvalue weighted by Crippen LogP contribution is -2.28. The van der Waals surface area contributed by atoms with Crippen LogP contribution in [0, 0.1) is 5.92 Å². The van der Waals surface area contributed by atoms with E-state index in [4.69, 9.17) is 11.6 Å². The molecule has 3 rings (SSSR count). The van der Waals surface area contributed by atoms with Crippen molar-refractivity contribution in [2.75, 3.05) is 26.2 Å². The van der Waals surface area contributed by atoms with Crippen molar-refractivity contribution in [3.63, 3.8) is 0 Å². The van der Waals surface area contributed by atoms with Crippen LogP contribution in [0.1, 0.15) is 36.8 Å². The van der Waals surface area contributed by atoms with E-state index in [0.29, 0.717) is 0 Å². The van der Waals surface area contributed by atoms with Crippen molar-refractivity contribution >= 4 is 11.6 Å². The van der Waals surface area contributed by atoms with Crippen LogP contribution in [0.4, 0.5) is 0 Å². The molecule has 0 radical (unpaired) electrons. The third kappa shape index (κ3) is 3.75. The van der Waals surface area contributed by atoms with Gasteiger partial charge in [0.1, 0.15) is 0 Å². The van der Waals surface area contributed by atoms with Crippen molar-refractivity contribution in [1.29, 1.82) is 0 Å². The smallest absolute Gasteiger partial charge is 0.0453 e. The zero-order valence-electron chi connectivity index (χ0n) is 12.2. The maximum Gasteiger partial charge on any atom is 0.0453 e. The zero-order chi connectivity index (χ0) is 13.8. The summed E-state index contributed by atoms with van der Waals surface area (Å²) in [6.45, 7) is 5.82. The second-order valence-corrected chi connectivity index (χ2v) is 6.71. The predicted octanol–water partition coefficient (Wildman–Crippen LogP) is 3.48. The summed E-state index contributed by atoms with van der Waals surface area (Å²) < 4.78 is 0. The molecule has 1 aromatic carbocycles. The molecule has 0 saturated carbocycles. The molecule has 3 heteroatoms. The van der Waals surface area contributed by atoms with Gasteiger partial charge in [0.05, 0.1) is 0 Å². The Labute approximate surface area is 127 Å². The lowest BCUT2D eigenvalue weighted by atomic mass is 9.91. The Kier molecular flexibility index (Phi) is 4.98. The van der Waals surface area contributed by atoms with Crippen LogP contribution >= 0.6 is 11.6 Å². The van der Waals surface area contributed by atoms with Crippen LogP contribution < -0.4 is 5.32 Å². The van der Waals surface area contributed by atoms with Crippen LogP contribution in [0.3, 0.4) is 0 Å². The van der Waals surface area contributed by atoms with Crippen LogP contribution in [0.5, 0.6) is 0 Å². The average Bonchev–Trinajstić information content (AvgIpc) is 2.96. The molecule has 110 valence electrons. The van der Waals surface area contributed by atoms with E-state index in [9.17, 15) is 0 Å². The third-order valence-corrected chi connectivity index (χ3v) is 5.05. The van der Waals surface area contributed by atoms with E-state index in [2.05, 4.69) is 28.4 Å². The minimum Gasteiger partial charge on any atom is -0.317 e. The molecule has 0 amide bonds. The normalized spacial score (nSPS) is 21.4. The summed E-state index contributed by atoms with van der Waals surface area (Å²) in [4.78, 5) is 2.51.